The zero-order valence-electron chi connectivity index (χ0n) is 10.5. The van der Waals surface area contributed by atoms with Gasteiger partial charge in [-0.2, -0.15) is 13.2 Å². The van der Waals surface area contributed by atoms with E-state index in [1.54, 1.807) is 18.2 Å². The summed E-state index contributed by atoms with van der Waals surface area (Å²) in [5.41, 5.74) is -0.686. The molecule has 1 aromatic heterocycles. The number of rotatable bonds is 3. The molecule has 0 spiro atoms. The lowest BCUT2D eigenvalue weighted by Crippen LogP contribution is -2.10. The van der Waals surface area contributed by atoms with Gasteiger partial charge >= 0.3 is 6.18 Å². The molecule has 0 saturated carbocycles. The van der Waals surface area contributed by atoms with Gasteiger partial charge in [-0.15, -0.1) is 0 Å². The predicted octanol–water partition coefficient (Wildman–Crippen LogP) is 4.66. The van der Waals surface area contributed by atoms with Gasteiger partial charge < -0.3 is 10.1 Å². The number of halogens is 5. The molecule has 112 valence electrons. The maximum absolute atomic E-state index is 12.7. The van der Waals surface area contributed by atoms with Crippen LogP contribution in [0.3, 0.4) is 0 Å². The molecule has 0 radical (unpaired) electrons. The Balaban J connectivity index is 2.40. The van der Waals surface area contributed by atoms with Crippen LogP contribution >= 0.6 is 27.5 Å². The Bertz CT molecular complexity index is 667. The van der Waals surface area contributed by atoms with Gasteiger partial charge in [-0.25, -0.2) is 9.97 Å². The van der Waals surface area contributed by atoms with Gasteiger partial charge in [0.15, 0.2) is 5.69 Å². The van der Waals surface area contributed by atoms with Crippen LogP contribution < -0.4 is 10.1 Å². The van der Waals surface area contributed by atoms with Crippen molar-refractivity contribution < 1.29 is 17.9 Å². The molecule has 0 aliphatic carbocycles. The summed E-state index contributed by atoms with van der Waals surface area (Å²) >= 11 is 8.79. The van der Waals surface area contributed by atoms with Crippen LogP contribution in [0.15, 0.2) is 28.7 Å². The summed E-state index contributed by atoms with van der Waals surface area (Å²) < 4.78 is 43.9. The van der Waals surface area contributed by atoms with Crippen molar-refractivity contribution in [2.45, 2.75) is 6.18 Å². The molecule has 0 aliphatic heterocycles. The van der Waals surface area contributed by atoms with E-state index >= 15 is 0 Å². The molecule has 4 nitrogen and oxygen atoms in total. The van der Waals surface area contributed by atoms with Gasteiger partial charge in [-0.3, -0.25) is 0 Å². The lowest BCUT2D eigenvalue weighted by molar-refractivity contribution is -0.141. The molecule has 0 aliphatic rings. The standard InChI is InChI=1S/C12H8BrClF3N3O/c1-21-8-3-2-6(13)4-7(8)18-10-5-9(12(15,16)17)19-11(14)20-10/h2-5H,1H3,(H,18,19,20). The van der Waals surface area contributed by atoms with Crippen molar-refractivity contribution >= 4 is 39.0 Å². The van der Waals surface area contributed by atoms with E-state index in [0.29, 0.717) is 11.4 Å². The second-order valence-corrected chi connectivity index (χ2v) is 5.13. The van der Waals surface area contributed by atoms with E-state index in [2.05, 4.69) is 31.2 Å². The normalized spacial score (nSPS) is 11.3. The summed E-state index contributed by atoms with van der Waals surface area (Å²) in [5, 5.41) is 2.23. The molecule has 9 heteroatoms. The van der Waals surface area contributed by atoms with Crippen LogP contribution in [0.2, 0.25) is 5.28 Å². The van der Waals surface area contributed by atoms with Gasteiger partial charge in [0.25, 0.3) is 0 Å². The lowest BCUT2D eigenvalue weighted by Gasteiger charge is -2.12. The Kier molecular flexibility index (Phi) is 4.58. The van der Waals surface area contributed by atoms with Gasteiger partial charge in [0, 0.05) is 10.5 Å². The smallest absolute Gasteiger partial charge is 0.433 e. The molecule has 1 heterocycles. The zero-order chi connectivity index (χ0) is 15.6. The first-order chi connectivity index (χ1) is 9.79. The summed E-state index contributed by atoms with van der Waals surface area (Å²) in [5.74, 6) is 0.361. The summed E-state index contributed by atoms with van der Waals surface area (Å²) in [7, 11) is 1.45. The monoisotopic (exact) mass is 381 g/mol. The van der Waals surface area contributed by atoms with E-state index in [9.17, 15) is 13.2 Å². The molecule has 1 aromatic carbocycles. The largest absolute Gasteiger partial charge is 0.495 e. The minimum atomic E-state index is -4.61. The maximum atomic E-state index is 12.7. The predicted molar refractivity (Wildman–Crippen MR) is 76.0 cm³/mol. The molecule has 0 fully saturated rings. The number of hydrogen-bond donors (Lipinski definition) is 1. The number of aromatic nitrogens is 2. The molecular weight excluding hydrogens is 375 g/mol. The number of alkyl halides is 3. The molecule has 0 atom stereocenters. The number of ether oxygens (including phenoxy) is 1. The number of methoxy groups -OCH3 is 1. The van der Waals surface area contributed by atoms with Crippen LogP contribution in [0, 0.1) is 0 Å². The average Bonchev–Trinajstić information content (AvgIpc) is 2.37. The van der Waals surface area contributed by atoms with E-state index in [4.69, 9.17) is 16.3 Å². The second kappa shape index (κ2) is 6.07. The number of nitrogens with one attached hydrogen (secondary N) is 1. The number of anilines is 2. The minimum absolute atomic E-state index is 0.0845. The van der Waals surface area contributed by atoms with E-state index in [-0.39, 0.29) is 5.82 Å². The highest BCUT2D eigenvalue weighted by molar-refractivity contribution is 9.10. The molecule has 1 N–H and O–H groups in total. The Morgan fingerprint density at radius 1 is 1.24 bits per heavy atom. The molecule has 21 heavy (non-hydrogen) atoms. The first-order valence-corrected chi connectivity index (χ1v) is 6.69. The fourth-order valence-electron chi connectivity index (χ4n) is 1.54. The van der Waals surface area contributed by atoms with Gasteiger partial charge in [0.05, 0.1) is 12.8 Å². The van der Waals surface area contributed by atoms with Crippen molar-refractivity contribution in [3.8, 4) is 5.75 Å². The van der Waals surface area contributed by atoms with Crippen LogP contribution in [0.4, 0.5) is 24.7 Å². The Morgan fingerprint density at radius 2 is 1.95 bits per heavy atom. The highest BCUT2D eigenvalue weighted by atomic mass is 79.9. The molecule has 0 amide bonds. The third-order valence-electron chi connectivity index (χ3n) is 2.41. The van der Waals surface area contributed by atoms with Gasteiger partial charge in [0.2, 0.25) is 5.28 Å². The fourth-order valence-corrected chi connectivity index (χ4v) is 2.09. The first kappa shape index (κ1) is 15.8. The van der Waals surface area contributed by atoms with E-state index in [0.717, 1.165) is 10.5 Å². The molecule has 2 aromatic rings. The number of nitrogens with zero attached hydrogens (tertiary/aromatic N) is 2. The third-order valence-corrected chi connectivity index (χ3v) is 3.08. The highest BCUT2D eigenvalue weighted by Gasteiger charge is 2.33. The van der Waals surface area contributed by atoms with Crippen molar-refractivity contribution in [3.05, 3.63) is 39.7 Å². The zero-order valence-corrected chi connectivity index (χ0v) is 12.8. The first-order valence-electron chi connectivity index (χ1n) is 5.52. The summed E-state index contributed by atoms with van der Waals surface area (Å²) in [6, 6.07) is 5.80. The van der Waals surface area contributed by atoms with E-state index in [1.165, 1.54) is 7.11 Å². The molecule has 0 saturated heterocycles. The van der Waals surface area contributed by atoms with Crippen LogP contribution in [-0.2, 0) is 6.18 Å². The van der Waals surface area contributed by atoms with Crippen molar-refractivity contribution in [1.29, 1.82) is 0 Å². The maximum Gasteiger partial charge on any atom is 0.433 e. The molecule has 2 rings (SSSR count). The Morgan fingerprint density at radius 3 is 2.57 bits per heavy atom. The van der Waals surface area contributed by atoms with Crippen LogP contribution in [0.5, 0.6) is 5.75 Å². The topological polar surface area (TPSA) is 47.0 Å². The average molecular weight is 383 g/mol. The Hall–Kier alpha value is -1.54. The summed E-state index contributed by atoms with van der Waals surface area (Å²) in [6.45, 7) is 0. The highest BCUT2D eigenvalue weighted by Crippen LogP contribution is 2.33. The van der Waals surface area contributed by atoms with Gasteiger partial charge in [-0.1, -0.05) is 15.9 Å². The summed E-state index contributed by atoms with van der Waals surface area (Å²) in [4.78, 5) is 6.88. The van der Waals surface area contributed by atoms with Crippen molar-refractivity contribution in [3.63, 3.8) is 0 Å². The van der Waals surface area contributed by atoms with Crippen molar-refractivity contribution in [2.24, 2.45) is 0 Å². The lowest BCUT2D eigenvalue weighted by atomic mass is 10.3. The quantitative estimate of drug-likeness (QED) is 0.784. The molecule has 0 unspecified atom stereocenters. The second-order valence-electron chi connectivity index (χ2n) is 3.87. The van der Waals surface area contributed by atoms with E-state index < -0.39 is 17.2 Å². The fraction of sp³-hybridized carbons (Fsp3) is 0.167. The Labute approximate surface area is 131 Å². The van der Waals surface area contributed by atoms with Crippen LogP contribution in [-0.4, -0.2) is 17.1 Å². The van der Waals surface area contributed by atoms with Crippen molar-refractivity contribution in [1.82, 2.24) is 9.97 Å². The van der Waals surface area contributed by atoms with Crippen LogP contribution in [0.1, 0.15) is 5.69 Å². The third kappa shape index (κ3) is 3.98. The number of benzene rings is 1. The van der Waals surface area contributed by atoms with Gasteiger partial charge in [-0.05, 0) is 29.8 Å². The summed E-state index contributed by atoms with van der Waals surface area (Å²) in [6.07, 6.45) is -4.61. The SMILES string of the molecule is COc1ccc(Br)cc1Nc1cc(C(F)(F)F)nc(Cl)n1. The van der Waals surface area contributed by atoms with Gasteiger partial charge in [0.1, 0.15) is 11.6 Å². The van der Waals surface area contributed by atoms with Crippen LogP contribution in [0.25, 0.3) is 0 Å². The molecular formula is C12H8BrClF3N3O. The molecule has 0 bridgehead atoms. The minimum Gasteiger partial charge on any atom is -0.495 e. The van der Waals surface area contributed by atoms with Crippen molar-refractivity contribution in [2.75, 3.05) is 12.4 Å². The number of hydrogen-bond acceptors (Lipinski definition) is 4. The van der Waals surface area contributed by atoms with E-state index in [1.807, 2.05) is 0 Å².